The molecular formula is C15H32N2O. The zero-order chi connectivity index (χ0) is 13.1. The number of nitrogens with one attached hydrogen (secondary N) is 1. The molecule has 0 amide bonds. The average Bonchev–Trinajstić information content (AvgIpc) is 2.84. The molecule has 0 radical (unpaired) electrons. The molecule has 3 nitrogen and oxygen atoms in total. The lowest BCUT2D eigenvalue weighted by Gasteiger charge is -2.14. The van der Waals surface area contributed by atoms with E-state index in [9.17, 15) is 0 Å². The number of unbranched alkanes of at least 4 members (excludes halogenated alkanes) is 3. The van der Waals surface area contributed by atoms with Gasteiger partial charge in [0.2, 0.25) is 0 Å². The maximum Gasteiger partial charge on any atom is 0.0593 e. The van der Waals surface area contributed by atoms with Crippen LogP contribution in [0.3, 0.4) is 0 Å². The molecule has 0 atom stereocenters. The van der Waals surface area contributed by atoms with Crippen LogP contribution < -0.4 is 5.32 Å². The number of ether oxygens (including phenoxy) is 1. The highest BCUT2D eigenvalue weighted by atomic mass is 16.5. The van der Waals surface area contributed by atoms with Crippen molar-refractivity contribution in [1.29, 1.82) is 0 Å². The summed E-state index contributed by atoms with van der Waals surface area (Å²) in [4.78, 5) is 2.51. The van der Waals surface area contributed by atoms with Crippen molar-refractivity contribution in [2.45, 2.75) is 58.4 Å². The first kappa shape index (κ1) is 15.9. The Hall–Kier alpha value is -0.120. The molecular weight excluding hydrogens is 224 g/mol. The quantitative estimate of drug-likeness (QED) is 0.575. The van der Waals surface area contributed by atoms with Gasteiger partial charge in [-0.2, -0.15) is 0 Å². The summed E-state index contributed by atoms with van der Waals surface area (Å²) in [6.07, 6.45) is 7.92. The van der Waals surface area contributed by atoms with Crippen LogP contribution in [-0.2, 0) is 4.74 Å². The molecule has 1 fully saturated rings. The monoisotopic (exact) mass is 256 g/mol. The van der Waals surface area contributed by atoms with E-state index in [4.69, 9.17) is 4.74 Å². The van der Waals surface area contributed by atoms with Crippen molar-refractivity contribution in [1.82, 2.24) is 10.2 Å². The Kier molecular flexibility index (Phi) is 9.54. The van der Waals surface area contributed by atoms with E-state index in [1.54, 1.807) is 0 Å². The second-order valence-corrected chi connectivity index (χ2v) is 5.68. The van der Waals surface area contributed by atoms with Crippen molar-refractivity contribution in [3.8, 4) is 0 Å². The van der Waals surface area contributed by atoms with Crippen molar-refractivity contribution in [2.24, 2.45) is 0 Å². The summed E-state index contributed by atoms with van der Waals surface area (Å²) >= 11 is 0. The molecule has 0 aromatic heterocycles. The molecule has 1 heterocycles. The molecule has 18 heavy (non-hydrogen) atoms. The van der Waals surface area contributed by atoms with Gasteiger partial charge >= 0.3 is 0 Å². The van der Waals surface area contributed by atoms with E-state index in [2.05, 4.69) is 24.1 Å². The predicted octanol–water partition coefficient (Wildman–Crippen LogP) is 2.66. The number of rotatable bonds is 11. The summed E-state index contributed by atoms with van der Waals surface area (Å²) in [5.74, 6) is 0. The van der Waals surface area contributed by atoms with Crippen molar-refractivity contribution in [3.63, 3.8) is 0 Å². The van der Waals surface area contributed by atoms with Crippen molar-refractivity contribution in [3.05, 3.63) is 0 Å². The highest BCUT2D eigenvalue weighted by Crippen LogP contribution is 2.06. The van der Waals surface area contributed by atoms with Gasteiger partial charge in [-0.25, -0.2) is 0 Å². The zero-order valence-electron chi connectivity index (χ0n) is 12.4. The molecule has 0 aliphatic carbocycles. The van der Waals surface area contributed by atoms with Gasteiger partial charge in [0.15, 0.2) is 0 Å². The fourth-order valence-electron chi connectivity index (χ4n) is 2.38. The smallest absolute Gasteiger partial charge is 0.0593 e. The fourth-order valence-corrected chi connectivity index (χ4v) is 2.38. The Balaban J connectivity index is 1.70. The third-order valence-electron chi connectivity index (χ3n) is 3.52. The summed E-state index contributed by atoms with van der Waals surface area (Å²) in [5, 5.41) is 3.45. The summed E-state index contributed by atoms with van der Waals surface area (Å²) in [7, 11) is 0. The lowest BCUT2D eigenvalue weighted by molar-refractivity contribution is 0.108. The first-order chi connectivity index (χ1) is 8.79. The van der Waals surface area contributed by atoms with Crippen molar-refractivity contribution < 1.29 is 4.74 Å². The zero-order valence-corrected chi connectivity index (χ0v) is 12.4. The minimum Gasteiger partial charge on any atom is -0.380 e. The van der Waals surface area contributed by atoms with Crippen LogP contribution in [0.2, 0.25) is 0 Å². The highest BCUT2D eigenvalue weighted by molar-refractivity contribution is 4.65. The molecule has 1 N–H and O–H groups in total. The van der Waals surface area contributed by atoms with Crippen LogP contribution in [0.5, 0.6) is 0 Å². The van der Waals surface area contributed by atoms with Crippen LogP contribution in [0.25, 0.3) is 0 Å². The molecule has 108 valence electrons. The molecule has 0 unspecified atom stereocenters. The van der Waals surface area contributed by atoms with Crippen LogP contribution in [-0.4, -0.2) is 50.3 Å². The second kappa shape index (κ2) is 10.8. The molecule has 1 rings (SSSR count). The van der Waals surface area contributed by atoms with Gasteiger partial charge in [0.25, 0.3) is 0 Å². The Labute approximate surface area is 113 Å². The van der Waals surface area contributed by atoms with Crippen LogP contribution >= 0.6 is 0 Å². The summed E-state index contributed by atoms with van der Waals surface area (Å²) < 4.78 is 5.68. The number of hydrogen-bond donors (Lipinski definition) is 1. The van der Waals surface area contributed by atoms with E-state index in [0.29, 0.717) is 6.04 Å². The molecule has 0 saturated carbocycles. The van der Waals surface area contributed by atoms with E-state index in [0.717, 1.165) is 26.3 Å². The van der Waals surface area contributed by atoms with E-state index in [1.165, 1.54) is 51.6 Å². The van der Waals surface area contributed by atoms with Gasteiger partial charge < -0.3 is 15.0 Å². The molecule has 1 aliphatic heterocycles. The van der Waals surface area contributed by atoms with Gasteiger partial charge in [-0.3, -0.25) is 0 Å². The molecule has 1 saturated heterocycles. The van der Waals surface area contributed by atoms with Crippen LogP contribution in [0.4, 0.5) is 0 Å². The molecule has 3 heteroatoms. The fraction of sp³-hybridized carbons (Fsp3) is 1.00. The van der Waals surface area contributed by atoms with Gasteiger partial charge in [0, 0.05) is 19.2 Å². The molecule has 1 aliphatic rings. The van der Waals surface area contributed by atoms with E-state index < -0.39 is 0 Å². The Morgan fingerprint density at radius 3 is 2.44 bits per heavy atom. The van der Waals surface area contributed by atoms with Crippen LogP contribution in [0, 0.1) is 0 Å². The van der Waals surface area contributed by atoms with E-state index >= 15 is 0 Å². The van der Waals surface area contributed by atoms with Crippen molar-refractivity contribution in [2.75, 3.05) is 39.4 Å². The van der Waals surface area contributed by atoms with Gasteiger partial charge in [-0.1, -0.05) is 26.7 Å². The van der Waals surface area contributed by atoms with Crippen molar-refractivity contribution >= 4 is 0 Å². The van der Waals surface area contributed by atoms with Gasteiger partial charge in [-0.05, 0) is 45.3 Å². The molecule has 0 aromatic rings. The second-order valence-electron chi connectivity index (χ2n) is 5.68. The van der Waals surface area contributed by atoms with Gasteiger partial charge in [-0.15, -0.1) is 0 Å². The number of nitrogens with zero attached hydrogens (tertiary/aromatic N) is 1. The predicted molar refractivity (Wildman–Crippen MR) is 78.1 cm³/mol. The maximum absolute atomic E-state index is 5.68. The van der Waals surface area contributed by atoms with Gasteiger partial charge in [0.05, 0.1) is 6.61 Å². The maximum atomic E-state index is 5.68. The number of likely N-dealkylation sites (tertiary alicyclic amines) is 1. The lowest BCUT2D eigenvalue weighted by Crippen LogP contribution is -2.24. The topological polar surface area (TPSA) is 24.5 Å². The SMILES string of the molecule is CC(C)NCCCCCCOCCN1CCCC1. The lowest BCUT2D eigenvalue weighted by atomic mass is 10.2. The normalized spacial score (nSPS) is 16.8. The standard InChI is InChI=1S/C15H32N2O/c1-15(2)16-9-5-3-4-8-13-18-14-12-17-10-6-7-11-17/h15-16H,3-14H2,1-2H3. The number of hydrogen-bond acceptors (Lipinski definition) is 3. The Bertz CT molecular complexity index is 179. The highest BCUT2D eigenvalue weighted by Gasteiger charge is 2.09. The summed E-state index contributed by atoms with van der Waals surface area (Å²) in [6.45, 7) is 11.1. The van der Waals surface area contributed by atoms with Crippen LogP contribution in [0.1, 0.15) is 52.4 Å². The summed E-state index contributed by atoms with van der Waals surface area (Å²) in [6, 6.07) is 0.624. The summed E-state index contributed by atoms with van der Waals surface area (Å²) in [5.41, 5.74) is 0. The van der Waals surface area contributed by atoms with E-state index in [-0.39, 0.29) is 0 Å². The third kappa shape index (κ3) is 8.90. The average molecular weight is 256 g/mol. The largest absolute Gasteiger partial charge is 0.380 e. The Morgan fingerprint density at radius 2 is 1.72 bits per heavy atom. The molecule has 0 bridgehead atoms. The van der Waals surface area contributed by atoms with Crippen LogP contribution in [0.15, 0.2) is 0 Å². The Morgan fingerprint density at radius 1 is 1.00 bits per heavy atom. The molecule has 0 aromatic carbocycles. The minimum atomic E-state index is 0.624. The molecule has 0 spiro atoms. The first-order valence-corrected chi connectivity index (χ1v) is 7.82. The first-order valence-electron chi connectivity index (χ1n) is 7.82. The minimum absolute atomic E-state index is 0.624. The van der Waals surface area contributed by atoms with Gasteiger partial charge in [0.1, 0.15) is 0 Å². The van der Waals surface area contributed by atoms with E-state index in [1.807, 2.05) is 0 Å². The third-order valence-corrected chi connectivity index (χ3v) is 3.52.